The number of benzene rings is 1. The molecule has 0 radical (unpaired) electrons. The van der Waals surface area contributed by atoms with E-state index in [1.165, 1.54) is 17.5 Å². The molecule has 2 aromatic rings. The number of amides is 1. The number of hydrogen-bond donors (Lipinski definition) is 1. The monoisotopic (exact) mass is 307 g/mol. The highest BCUT2D eigenvalue weighted by Crippen LogP contribution is 2.27. The number of nitrogens with one attached hydrogen (secondary N) is 1. The molecule has 0 saturated carbocycles. The van der Waals surface area contributed by atoms with Crippen LogP contribution in [-0.2, 0) is 12.8 Å². The molecule has 0 spiro atoms. The van der Waals surface area contributed by atoms with E-state index >= 15 is 0 Å². The molecule has 1 amide bonds. The largest absolute Gasteiger partial charge is 0.305 e. The third-order valence-electron chi connectivity index (χ3n) is 3.34. The molecule has 0 saturated heterocycles. The molecule has 4 nitrogen and oxygen atoms in total. The number of hydrogen-bond acceptors (Lipinski definition) is 3. The van der Waals surface area contributed by atoms with Gasteiger partial charge in [-0.25, -0.2) is 9.97 Å². The van der Waals surface area contributed by atoms with E-state index in [4.69, 9.17) is 23.2 Å². The van der Waals surface area contributed by atoms with Gasteiger partial charge in [-0.2, -0.15) is 0 Å². The molecule has 0 bridgehead atoms. The van der Waals surface area contributed by atoms with E-state index in [2.05, 4.69) is 15.3 Å². The van der Waals surface area contributed by atoms with Gasteiger partial charge in [0, 0.05) is 5.56 Å². The van der Waals surface area contributed by atoms with Crippen molar-refractivity contribution in [1.82, 2.24) is 9.97 Å². The van der Waals surface area contributed by atoms with Gasteiger partial charge in [-0.3, -0.25) is 4.79 Å². The van der Waals surface area contributed by atoms with Crippen LogP contribution in [0.15, 0.2) is 24.5 Å². The van der Waals surface area contributed by atoms with Gasteiger partial charge in [0.05, 0.1) is 0 Å². The first kappa shape index (κ1) is 13.3. The van der Waals surface area contributed by atoms with Crippen molar-refractivity contribution in [2.45, 2.75) is 19.3 Å². The third kappa shape index (κ3) is 2.49. The maximum atomic E-state index is 12.2. The first-order valence-electron chi connectivity index (χ1n) is 6.24. The second-order valence-electron chi connectivity index (χ2n) is 4.62. The fourth-order valence-corrected chi connectivity index (χ4v) is 2.61. The Hall–Kier alpha value is -1.65. The summed E-state index contributed by atoms with van der Waals surface area (Å²) in [7, 11) is 0. The SMILES string of the molecule is O=C(Nc1ncnc(Cl)c1Cl)c1ccc2c(c1)CCC2. The first-order chi connectivity index (χ1) is 9.65. The summed E-state index contributed by atoms with van der Waals surface area (Å²) in [5.74, 6) is -0.0338. The summed E-state index contributed by atoms with van der Waals surface area (Å²) in [5.41, 5.74) is 3.16. The second kappa shape index (κ2) is 5.38. The summed E-state index contributed by atoms with van der Waals surface area (Å²) in [4.78, 5) is 19.9. The quantitative estimate of drug-likeness (QED) is 0.864. The lowest BCUT2D eigenvalue weighted by molar-refractivity contribution is 0.102. The number of carbonyl (C=O) groups excluding carboxylic acids is 1. The number of aryl methyl sites for hydroxylation is 2. The van der Waals surface area contributed by atoms with Crippen molar-refractivity contribution in [2.75, 3.05) is 5.32 Å². The van der Waals surface area contributed by atoms with Crippen LogP contribution in [0.25, 0.3) is 0 Å². The number of aromatic nitrogens is 2. The van der Waals surface area contributed by atoms with Crippen LogP contribution in [0.1, 0.15) is 27.9 Å². The maximum Gasteiger partial charge on any atom is 0.256 e. The molecule has 1 N–H and O–H groups in total. The Bertz CT molecular complexity index is 688. The van der Waals surface area contributed by atoms with Crippen molar-refractivity contribution < 1.29 is 4.79 Å². The molecule has 1 aliphatic rings. The number of nitrogens with zero attached hydrogens (tertiary/aromatic N) is 2. The van der Waals surface area contributed by atoms with Gasteiger partial charge in [0.2, 0.25) is 0 Å². The zero-order chi connectivity index (χ0) is 14.1. The van der Waals surface area contributed by atoms with Gasteiger partial charge < -0.3 is 5.32 Å². The summed E-state index contributed by atoms with van der Waals surface area (Å²) in [6, 6.07) is 5.75. The van der Waals surface area contributed by atoms with Gasteiger partial charge in [0.1, 0.15) is 11.3 Å². The molecule has 0 aliphatic heterocycles. The fourth-order valence-electron chi connectivity index (χ4n) is 2.33. The molecule has 6 heteroatoms. The van der Waals surface area contributed by atoms with Crippen LogP contribution in [0, 0.1) is 0 Å². The van der Waals surface area contributed by atoms with E-state index in [1.807, 2.05) is 18.2 Å². The Morgan fingerprint density at radius 2 is 1.95 bits per heavy atom. The zero-order valence-electron chi connectivity index (χ0n) is 10.5. The molecule has 3 rings (SSSR count). The molecule has 1 aromatic carbocycles. The Balaban J connectivity index is 1.84. The lowest BCUT2D eigenvalue weighted by Gasteiger charge is -2.08. The van der Waals surface area contributed by atoms with E-state index in [0.29, 0.717) is 5.56 Å². The van der Waals surface area contributed by atoms with Crippen LogP contribution >= 0.6 is 23.2 Å². The van der Waals surface area contributed by atoms with Crippen LogP contribution in [0.2, 0.25) is 10.2 Å². The summed E-state index contributed by atoms with van der Waals surface area (Å²) >= 11 is 11.7. The molecule has 0 fully saturated rings. The normalized spacial score (nSPS) is 13.1. The summed E-state index contributed by atoms with van der Waals surface area (Å²) < 4.78 is 0. The van der Waals surface area contributed by atoms with Crippen molar-refractivity contribution >= 4 is 34.9 Å². The second-order valence-corrected chi connectivity index (χ2v) is 5.35. The smallest absolute Gasteiger partial charge is 0.256 e. The Morgan fingerprint density at radius 3 is 2.80 bits per heavy atom. The molecule has 20 heavy (non-hydrogen) atoms. The van der Waals surface area contributed by atoms with Crippen LogP contribution in [-0.4, -0.2) is 15.9 Å². The molecular weight excluding hydrogens is 297 g/mol. The highest BCUT2D eigenvalue weighted by molar-refractivity contribution is 6.43. The van der Waals surface area contributed by atoms with E-state index in [1.54, 1.807) is 0 Å². The van der Waals surface area contributed by atoms with Crippen molar-refractivity contribution in [2.24, 2.45) is 0 Å². The third-order valence-corrected chi connectivity index (χ3v) is 4.08. The fraction of sp³-hybridized carbons (Fsp3) is 0.214. The van der Waals surface area contributed by atoms with Crippen molar-refractivity contribution in [3.05, 3.63) is 51.4 Å². The standard InChI is InChI=1S/C14H11Cl2N3O/c15-11-12(16)17-7-18-13(11)19-14(20)10-5-4-8-2-1-3-9(8)6-10/h4-7H,1-3H2,(H,17,18,19,20). The lowest BCUT2D eigenvalue weighted by atomic mass is 10.1. The number of fused-ring (bicyclic) bond motifs is 1. The average Bonchev–Trinajstić information content (AvgIpc) is 2.91. The topological polar surface area (TPSA) is 54.9 Å². The van der Waals surface area contributed by atoms with E-state index < -0.39 is 0 Å². The predicted octanol–water partition coefficient (Wildman–Crippen LogP) is 3.52. The predicted molar refractivity (Wildman–Crippen MR) is 78.5 cm³/mol. The van der Waals surface area contributed by atoms with Crippen molar-refractivity contribution in [3.63, 3.8) is 0 Å². The lowest BCUT2D eigenvalue weighted by Crippen LogP contribution is -2.14. The molecule has 0 atom stereocenters. The summed E-state index contributed by atoms with van der Waals surface area (Å²) in [6.45, 7) is 0. The van der Waals surface area contributed by atoms with Crippen molar-refractivity contribution in [3.8, 4) is 0 Å². The average molecular weight is 308 g/mol. The molecule has 1 heterocycles. The van der Waals surface area contributed by atoms with E-state index in [-0.39, 0.29) is 21.9 Å². The van der Waals surface area contributed by atoms with Crippen LogP contribution in [0.3, 0.4) is 0 Å². The van der Waals surface area contributed by atoms with Gasteiger partial charge in [-0.05, 0) is 42.5 Å². The maximum absolute atomic E-state index is 12.2. The molecular formula is C14H11Cl2N3O. The Kier molecular flexibility index (Phi) is 3.59. The van der Waals surface area contributed by atoms with Gasteiger partial charge in [-0.15, -0.1) is 0 Å². The minimum atomic E-state index is -0.253. The Labute approximate surface area is 126 Å². The number of anilines is 1. The first-order valence-corrected chi connectivity index (χ1v) is 7.00. The molecule has 0 unspecified atom stereocenters. The zero-order valence-corrected chi connectivity index (χ0v) is 12.0. The summed E-state index contributed by atoms with van der Waals surface area (Å²) in [6.07, 6.45) is 4.52. The number of rotatable bonds is 2. The Morgan fingerprint density at radius 1 is 1.15 bits per heavy atom. The highest BCUT2D eigenvalue weighted by Gasteiger charge is 2.16. The molecule has 102 valence electrons. The minimum Gasteiger partial charge on any atom is -0.305 e. The molecule has 1 aliphatic carbocycles. The number of halogens is 2. The van der Waals surface area contributed by atoms with Crippen molar-refractivity contribution in [1.29, 1.82) is 0 Å². The van der Waals surface area contributed by atoms with Crippen LogP contribution in [0.5, 0.6) is 0 Å². The van der Waals surface area contributed by atoms with Crippen LogP contribution in [0.4, 0.5) is 5.82 Å². The minimum absolute atomic E-state index is 0.117. The van der Waals surface area contributed by atoms with Gasteiger partial charge in [0.25, 0.3) is 5.91 Å². The van der Waals surface area contributed by atoms with Crippen LogP contribution < -0.4 is 5.32 Å². The summed E-state index contributed by atoms with van der Waals surface area (Å²) in [5, 5.41) is 2.91. The van der Waals surface area contributed by atoms with Gasteiger partial charge >= 0.3 is 0 Å². The molecule has 1 aromatic heterocycles. The van der Waals surface area contributed by atoms with Gasteiger partial charge in [-0.1, -0.05) is 29.3 Å². The number of carbonyl (C=O) groups is 1. The van der Waals surface area contributed by atoms with E-state index in [9.17, 15) is 4.79 Å². The van der Waals surface area contributed by atoms with E-state index in [0.717, 1.165) is 19.3 Å². The highest BCUT2D eigenvalue weighted by atomic mass is 35.5. The van der Waals surface area contributed by atoms with Gasteiger partial charge in [0.15, 0.2) is 11.0 Å².